The van der Waals surface area contributed by atoms with Gasteiger partial charge in [0.25, 0.3) is 11.8 Å². The first-order chi connectivity index (χ1) is 17.4. The minimum atomic E-state index is -3.52. The fraction of sp³-hybridized carbons (Fsp3) is 0.360. The molecular formula is C25H25ClF2N4O4S. The number of carbonyl (C=O) groups is 1. The summed E-state index contributed by atoms with van der Waals surface area (Å²) in [5.74, 6) is -2.28. The van der Waals surface area contributed by atoms with Crippen molar-refractivity contribution in [2.75, 3.05) is 29.6 Å². The second-order valence-electron chi connectivity index (χ2n) is 9.54. The molecule has 0 unspecified atom stereocenters. The van der Waals surface area contributed by atoms with E-state index in [1.165, 1.54) is 24.4 Å². The predicted octanol–water partition coefficient (Wildman–Crippen LogP) is 4.88. The average molecular weight is 551 g/mol. The van der Waals surface area contributed by atoms with E-state index in [4.69, 9.17) is 16.3 Å². The van der Waals surface area contributed by atoms with Gasteiger partial charge in [-0.1, -0.05) is 11.6 Å². The monoisotopic (exact) mass is 550 g/mol. The van der Waals surface area contributed by atoms with Gasteiger partial charge in [0.05, 0.1) is 41.5 Å². The summed E-state index contributed by atoms with van der Waals surface area (Å²) < 4.78 is 58.5. The van der Waals surface area contributed by atoms with E-state index in [-0.39, 0.29) is 34.8 Å². The molecule has 5 rings (SSSR count). The number of anilines is 2. The van der Waals surface area contributed by atoms with E-state index in [9.17, 15) is 22.0 Å². The van der Waals surface area contributed by atoms with E-state index in [2.05, 4.69) is 10.3 Å². The number of benzene rings is 1. The van der Waals surface area contributed by atoms with Crippen LogP contribution in [0.4, 0.5) is 20.2 Å². The van der Waals surface area contributed by atoms with E-state index in [0.717, 1.165) is 25.5 Å². The van der Waals surface area contributed by atoms with Crippen LogP contribution in [0.2, 0.25) is 5.02 Å². The summed E-state index contributed by atoms with van der Waals surface area (Å²) in [6.07, 6.45) is 7.07. The summed E-state index contributed by atoms with van der Waals surface area (Å²) in [4.78, 5) is 19.1. The van der Waals surface area contributed by atoms with E-state index in [1.807, 2.05) is 0 Å². The number of ether oxygens (including phenoxy) is 1. The number of nitrogens with zero attached hydrogens (tertiary/aromatic N) is 3. The summed E-state index contributed by atoms with van der Waals surface area (Å²) in [6.45, 7) is 1.07. The summed E-state index contributed by atoms with van der Waals surface area (Å²) in [7, 11) is -3.52. The summed E-state index contributed by atoms with van der Waals surface area (Å²) in [5, 5.41) is 2.86. The highest BCUT2D eigenvalue weighted by Crippen LogP contribution is 2.37. The number of pyridine rings is 1. The van der Waals surface area contributed by atoms with Gasteiger partial charge in [-0.3, -0.25) is 4.79 Å². The largest absolute Gasteiger partial charge is 0.486 e. The van der Waals surface area contributed by atoms with Gasteiger partial charge in [-0.25, -0.2) is 22.2 Å². The van der Waals surface area contributed by atoms with Crippen LogP contribution >= 0.6 is 11.6 Å². The molecular weight excluding hydrogens is 526 g/mol. The van der Waals surface area contributed by atoms with Crippen LogP contribution in [0.1, 0.15) is 35.3 Å². The Morgan fingerprint density at radius 2 is 1.92 bits per heavy atom. The maximum Gasteiger partial charge on any atom is 0.282 e. The lowest BCUT2D eigenvalue weighted by atomic mass is 9.96. The van der Waals surface area contributed by atoms with Gasteiger partial charge in [0.15, 0.2) is 21.4 Å². The molecule has 1 saturated carbocycles. The number of sulfone groups is 1. The molecule has 1 N–H and O–H groups in total. The molecule has 37 heavy (non-hydrogen) atoms. The van der Waals surface area contributed by atoms with E-state index >= 15 is 0 Å². The van der Waals surface area contributed by atoms with Crippen LogP contribution < -0.4 is 15.0 Å². The van der Waals surface area contributed by atoms with Crippen LogP contribution in [-0.4, -0.2) is 55.2 Å². The van der Waals surface area contributed by atoms with Gasteiger partial charge in [0, 0.05) is 34.9 Å². The first-order valence-corrected chi connectivity index (χ1v) is 14.0. The normalized spacial score (nSPS) is 17.2. The lowest BCUT2D eigenvalue weighted by Gasteiger charge is -2.40. The van der Waals surface area contributed by atoms with E-state index < -0.39 is 21.7 Å². The highest BCUT2D eigenvalue weighted by atomic mass is 35.5. The van der Waals surface area contributed by atoms with Crippen molar-refractivity contribution < 1.29 is 26.7 Å². The molecule has 3 aromatic rings. The molecule has 8 nitrogen and oxygen atoms in total. The summed E-state index contributed by atoms with van der Waals surface area (Å²) >= 11 is 6.05. The second kappa shape index (κ2) is 9.29. The zero-order chi connectivity index (χ0) is 26.5. The standard InChI is InChI=1S/C25H25ClF2N4O4S/c1-15-6-16(24(33)30-18-7-17(26)8-21(9-18)37(2,34)35)12-32(15)23-22(36-20-4-3-5-20)10-19(11-29-23)31-13-25(27,28)14-31/h6-12,20H,3-5,13-14H2,1-2H3,(H,30,33). The molecule has 2 aromatic heterocycles. The molecule has 0 atom stereocenters. The molecule has 0 radical (unpaired) electrons. The minimum Gasteiger partial charge on any atom is -0.486 e. The number of hydrogen-bond acceptors (Lipinski definition) is 6. The number of rotatable bonds is 7. The van der Waals surface area contributed by atoms with E-state index in [0.29, 0.717) is 28.5 Å². The van der Waals surface area contributed by atoms with Gasteiger partial charge >= 0.3 is 0 Å². The van der Waals surface area contributed by atoms with Gasteiger partial charge in [-0.2, -0.15) is 0 Å². The topological polar surface area (TPSA) is 93.5 Å². The third-order valence-corrected chi connectivity index (χ3v) is 7.74. The van der Waals surface area contributed by atoms with Crippen LogP contribution in [0.25, 0.3) is 5.82 Å². The summed E-state index contributed by atoms with van der Waals surface area (Å²) in [5.41, 5.74) is 1.80. The van der Waals surface area contributed by atoms with Crippen LogP contribution in [0, 0.1) is 6.92 Å². The Bertz CT molecular complexity index is 1480. The number of hydrogen-bond donors (Lipinski definition) is 1. The minimum absolute atomic E-state index is 0.00825. The lowest BCUT2D eigenvalue weighted by molar-refractivity contribution is -0.0263. The zero-order valence-corrected chi connectivity index (χ0v) is 21.7. The second-order valence-corrected chi connectivity index (χ2v) is 12.0. The Morgan fingerprint density at radius 3 is 2.54 bits per heavy atom. The number of carbonyl (C=O) groups excluding carboxylic acids is 1. The molecule has 1 aromatic carbocycles. The fourth-order valence-corrected chi connectivity index (χ4v) is 5.19. The first kappa shape index (κ1) is 25.5. The van der Waals surface area contributed by atoms with Crippen molar-refractivity contribution in [3.8, 4) is 11.6 Å². The maximum absolute atomic E-state index is 13.4. The Labute approximate surface area is 218 Å². The number of nitrogens with one attached hydrogen (secondary N) is 1. The Balaban J connectivity index is 1.42. The SMILES string of the molecule is Cc1cc(C(=O)Nc2cc(Cl)cc(S(C)(=O)=O)c2)cn1-c1ncc(N2CC(F)(F)C2)cc1OC1CCC1. The molecule has 0 spiro atoms. The predicted molar refractivity (Wildman–Crippen MR) is 136 cm³/mol. The lowest BCUT2D eigenvalue weighted by Crippen LogP contribution is -2.56. The Morgan fingerprint density at radius 1 is 1.19 bits per heavy atom. The number of alkyl halides is 2. The van der Waals surface area contributed by atoms with Crippen molar-refractivity contribution in [3.63, 3.8) is 0 Å². The molecule has 3 heterocycles. The van der Waals surface area contributed by atoms with Crippen molar-refractivity contribution in [2.24, 2.45) is 0 Å². The van der Waals surface area contributed by atoms with Gasteiger partial charge in [0.1, 0.15) is 0 Å². The molecule has 2 fully saturated rings. The van der Waals surface area contributed by atoms with E-state index in [1.54, 1.807) is 34.7 Å². The van der Waals surface area contributed by atoms with Crippen LogP contribution in [0.15, 0.2) is 47.6 Å². The van der Waals surface area contributed by atoms with Gasteiger partial charge in [-0.15, -0.1) is 0 Å². The highest BCUT2D eigenvalue weighted by molar-refractivity contribution is 7.90. The van der Waals surface area contributed by atoms with Crippen molar-refractivity contribution >= 4 is 38.7 Å². The smallest absolute Gasteiger partial charge is 0.282 e. The molecule has 196 valence electrons. The molecule has 1 aliphatic carbocycles. The average Bonchev–Trinajstić information content (AvgIpc) is 3.15. The molecule has 12 heteroatoms. The fourth-order valence-electron chi connectivity index (χ4n) is 4.21. The third kappa shape index (κ3) is 5.42. The number of amides is 1. The van der Waals surface area contributed by atoms with Crippen LogP contribution in [0.3, 0.4) is 0 Å². The first-order valence-electron chi connectivity index (χ1n) is 11.7. The maximum atomic E-state index is 13.4. The van der Waals surface area contributed by atoms with Crippen molar-refractivity contribution in [1.82, 2.24) is 9.55 Å². The van der Waals surface area contributed by atoms with Gasteiger partial charge in [0.2, 0.25) is 0 Å². The summed E-state index contributed by atoms with van der Waals surface area (Å²) in [6, 6.07) is 7.49. The zero-order valence-electron chi connectivity index (χ0n) is 20.2. The molecule has 0 bridgehead atoms. The van der Waals surface area contributed by atoms with Crippen molar-refractivity contribution in [3.05, 3.63) is 59.0 Å². The number of aryl methyl sites for hydroxylation is 1. The highest BCUT2D eigenvalue weighted by Gasteiger charge is 2.44. The van der Waals surface area contributed by atoms with Gasteiger partial charge < -0.3 is 19.5 Å². The van der Waals surface area contributed by atoms with Crippen molar-refractivity contribution in [2.45, 2.75) is 43.1 Å². The molecule has 1 aliphatic heterocycles. The van der Waals surface area contributed by atoms with Crippen LogP contribution in [-0.2, 0) is 9.84 Å². The van der Waals surface area contributed by atoms with Gasteiger partial charge in [-0.05, 0) is 50.5 Å². The number of aromatic nitrogens is 2. The molecule has 2 aliphatic rings. The van der Waals surface area contributed by atoms with Crippen molar-refractivity contribution in [1.29, 1.82) is 0 Å². The quantitative estimate of drug-likeness (QED) is 0.451. The Kier molecular flexibility index (Phi) is 6.39. The van der Waals surface area contributed by atoms with Crippen LogP contribution in [0.5, 0.6) is 5.75 Å². The molecule has 1 saturated heterocycles. The Hall–Kier alpha value is -3.18. The number of halogens is 3. The third-order valence-electron chi connectivity index (χ3n) is 6.43. The molecule has 1 amide bonds.